The van der Waals surface area contributed by atoms with Gasteiger partial charge in [-0.3, -0.25) is 29.4 Å². The van der Waals surface area contributed by atoms with E-state index in [1.54, 1.807) is 22.5 Å². The van der Waals surface area contributed by atoms with E-state index < -0.39 is 52.5 Å². The summed E-state index contributed by atoms with van der Waals surface area (Å²) in [6, 6.07) is 4.13. The molecule has 1 aromatic rings. The minimum atomic E-state index is -1.28. The number of carbonyl (C=O) groups excluding carboxylic acids is 5. The summed E-state index contributed by atoms with van der Waals surface area (Å²) in [4.78, 5) is 63.0. The minimum Gasteiger partial charge on any atom is -0.444 e. The van der Waals surface area contributed by atoms with Crippen molar-refractivity contribution in [3.8, 4) is 0 Å². The number of alkyl carbamates (subject to hydrolysis) is 1. The van der Waals surface area contributed by atoms with Crippen molar-refractivity contribution in [3.63, 3.8) is 0 Å². The first-order chi connectivity index (χ1) is 20.9. The Bertz CT molecular complexity index is 1290. The maximum absolute atomic E-state index is 13.2. The van der Waals surface area contributed by atoms with E-state index in [0.29, 0.717) is 70.5 Å². The number of amides is 5. The second kappa shape index (κ2) is 14.7. The Kier molecular flexibility index (Phi) is 11.3. The zero-order valence-corrected chi connectivity index (χ0v) is 26.7. The van der Waals surface area contributed by atoms with Gasteiger partial charge in [0.05, 0.1) is 11.1 Å². The highest BCUT2D eigenvalue weighted by Gasteiger charge is 2.45. The summed E-state index contributed by atoms with van der Waals surface area (Å²) in [6.07, 6.45) is 3.00. The van der Waals surface area contributed by atoms with Crippen LogP contribution in [0.3, 0.4) is 0 Å². The number of carbonyl (C=O) groups is 5. The third-order valence-electron chi connectivity index (χ3n) is 7.71. The van der Waals surface area contributed by atoms with Crippen molar-refractivity contribution in [2.75, 3.05) is 39.9 Å². The van der Waals surface area contributed by atoms with Crippen LogP contribution in [-0.4, -0.2) is 105 Å². The van der Waals surface area contributed by atoms with Crippen molar-refractivity contribution in [1.29, 1.82) is 0 Å². The molecule has 0 saturated carbocycles. The number of nitrogens with one attached hydrogen (secondary N) is 2. The summed E-state index contributed by atoms with van der Waals surface area (Å²) in [7, 11) is 1.81. The number of benzene rings is 1. The molecule has 2 saturated heterocycles. The molecule has 2 atom stereocenters. The molecular weight excluding hydrogens is 590 g/mol. The van der Waals surface area contributed by atoms with Crippen LogP contribution in [0, 0.1) is 0 Å². The molecule has 4 rings (SSSR count). The van der Waals surface area contributed by atoms with Crippen LogP contribution in [0.25, 0.3) is 0 Å². The molecule has 0 radical (unpaired) electrons. The molecule has 2 N–H and O–H groups in total. The lowest BCUT2D eigenvalue weighted by Gasteiger charge is -2.33. The van der Waals surface area contributed by atoms with Gasteiger partial charge in [0.1, 0.15) is 11.6 Å². The van der Waals surface area contributed by atoms with Gasteiger partial charge in [-0.15, -0.1) is 0 Å². The molecule has 3 heterocycles. The van der Waals surface area contributed by atoms with Crippen molar-refractivity contribution >= 4 is 40.9 Å². The van der Waals surface area contributed by atoms with E-state index in [2.05, 4.69) is 10.6 Å². The SMILES string of the molecule is CN(CCCOCCCc1cccc2c1C(=O)N(C1CCC(=O)NC1=O)C2=O)S(=O)N1CCC(NC(=O)OC(C)(C)C)CC1. The number of ether oxygens (including phenoxy) is 2. The third-order valence-corrected chi connectivity index (χ3v) is 9.24. The van der Waals surface area contributed by atoms with Crippen LogP contribution in [0.1, 0.15) is 85.6 Å². The Hall–Kier alpha value is -3.20. The first-order valence-electron chi connectivity index (χ1n) is 15.1. The topological polar surface area (TPSA) is 155 Å². The molecule has 1 aromatic carbocycles. The van der Waals surface area contributed by atoms with Crippen molar-refractivity contribution in [3.05, 3.63) is 34.9 Å². The maximum Gasteiger partial charge on any atom is 0.407 e. The van der Waals surface area contributed by atoms with Crippen LogP contribution in [-0.2, 0) is 36.7 Å². The highest BCUT2D eigenvalue weighted by atomic mass is 32.2. The molecule has 2 unspecified atom stereocenters. The van der Waals surface area contributed by atoms with Crippen LogP contribution >= 0.6 is 0 Å². The molecule has 242 valence electrons. The van der Waals surface area contributed by atoms with E-state index in [-0.39, 0.29) is 24.4 Å². The average molecular weight is 634 g/mol. The van der Waals surface area contributed by atoms with E-state index >= 15 is 0 Å². The lowest BCUT2D eigenvalue weighted by molar-refractivity contribution is -0.136. The molecule has 0 aromatic heterocycles. The van der Waals surface area contributed by atoms with Gasteiger partial charge < -0.3 is 14.8 Å². The van der Waals surface area contributed by atoms with Crippen LogP contribution in [0.4, 0.5) is 4.79 Å². The van der Waals surface area contributed by atoms with E-state index in [1.165, 1.54) is 0 Å². The molecule has 3 aliphatic rings. The van der Waals surface area contributed by atoms with Gasteiger partial charge in [0.15, 0.2) is 11.2 Å². The fourth-order valence-electron chi connectivity index (χ4n) is 5.56. The Morgan fingerprint density at radius 2 is 1.77 bits per heavy atom. The van der Waals surface area contributed by atoms with E-state index in [4.69, 9.17) is 9.47 Å². The van der Waals surface area contributed by atoms with E-state index in [9.17, 15) is 28.2 Å². The van der Waals surface area contributed by atoms with Gasteiger partial charge in [0, 0.05) is 52.4 Å². The predicted octanol–water partition coefficient (Wildman–Crippen LogP) is 1.93. The van der Waals surface area contributed by atoms with Crippen LogP contribution in [0.2, 0.25) is 0 Å². The summed E-state index contributed by atoms with van der Waals surface area (Å²) in [5.74, 6) is -2.05. The summed E-state index contributed by atoms with van der Waals surface area (Å²) in [5.41, 5.74) is 0.764. The van der Waals surface area contributed by atoms with Gasteiger partial charge in [-0.2, -0.15) is 0 Å². The first-order valence-corrected chi connectivity index (χ1v) is 16.2. The highest BCUT2D eigenvalue weighted by Crippen LogP contribution is 2.30. The van der Waals surface area contributed by atoms with Crippen molar-refractivity contribution in [1.82, 2.24) is 24.1 Å². The summed E-state index contributed by atoms with van der Waals surface area (Å²) in [6.45, 7) is 8.20. The molecule has 5 amide bonds. The lowest BCUT2D eigenvalue weighted by Crippen LogP contribution is -2.54. The first kappa shape index (κ1) is 33.7. The zero-order chi connectivity index (χ0) is 32.0. The monoisotopic (exact) mass is 633 g/mol. The molecule has 13 nitrogen and oxygen atoms in total. The van der Waals surface area contributed by atoms with E-state index in [0.717, 1.165) is 10.5 Å². The van der Waals surface area contributed by atoms with E-state index in [1.807, 2.05) is 32.1 Å². The van der Waals surface area contributed by atoms with Gasteiger partial charge in [0.25, 0.3) is 11.8 Å². The van der Waals surface area contributed by atoms with Crippen LogP contribution < -0.4 is 10.6 Å². The smallest absolute Gasteiger partial charge is 0.407 e. The number of fused-ring (bicyclic) bond motifs is 1. The molecule has 0 spiro atoms. The van der Waals surface area contributed by atoms with Crippen LogP contribution in [0.15, 0.2) is 18.2 Å². The van der Waals surface area contributed by atoms with Crippen LogP contribution in [0.5, 0.6) is 0 Å². The normalized spacial score (nSPS) is 20.6. The Morgan fingerprint density at radius 1 is 1.07 bits per heavy atom. The van der Waals surface area contributed by atoms with Gasteiger partial charge in [-0.25, -0.2) is 17.6 Å². The molecule has 0 aliphatic carbocycles. The summed E-state index contributed by atoms with van der Waals surface area (Å²) in [5, 5.41) is 5.10. The fraction of sp³-hybridized carbons (Fsp3) is 0.633. The molecular formula is C30H43N5O8S. The fourth-order valence-corrected chi connectivity index (χ4v) is 6.76. The molecule has 2 fully saturated rings. The standard InChI is InChI=1S/C30H43N5O8S/c1-30(2,3)43-29(40)31-21-13-16-34(17-14-21)44(41)33(4)15-7-19-42-18-6-9-20-8-5-10-22-25(20)28(39)35(27(22)38)23-11-12-24(36)32-26(23)37/h5,8,10,21,23H,6-7,9,11-19H2,1-4H3,(H,31,40)(H,32,36,37). The van der Waals surface area contributed by atoms with Gasteiger partial charge in [-0.05, 0) is 70.9 Å². The Morgan fingerprint density at radius 3 is 2.45 bits per heavy atom. The van der Waals surface area contributed by atoms with Crippen molar-refractivity contribution in [2.45, 2.75) is 83.4 Å². The number of imide groups is 2. The minimum absolute atomic E-state index is 0.00312. The number of hydrogen-bond donors (Lipinski definition) is 2. The molecule has 14 heteroatoms. The lowest BCUT2D eigenvalue weighted by atomic mass is 9.99. The average Bonchev–Trinajstić information content (AvgIpc) is 3.21. The maximum atomic E-state index is 13.2. The molecule has 3 aliphatic heterocycles. The van der Waals surface area contributed by atoms with Gasteiger partial charge >= 0.3 is 6.09 Å². The number of rotatable bonds is 12. The largest absolute Gasteiger partial charge is 0.444 e. The molecule has 0 bridgehead atoms. The van der Waals surface area contributed by atoms with Gasteiger partial charge in [0.2, 0.25) is 11.8 Å². The number of hydrogen-bond acceptors (Lipinski definition) is 8. The molecule has 44 heavy (non-hydrogen) atoms. The quantitative estimate of drug-likeness (QED) is 0.262. The number of aryl methyl sites for hydroxylation is 1. The zero-order valence-electron chi connectivity index (χ0n) is 25.9. The Labute approximate surface area is 260 Å². The predicted molar refractivity (Wildman–Crippen MR) is 162 cm³/mol. The second-order valence-corrected chi connectivity index (χ2v) is 13.9. The number of piperidine rings is 2. The van der Waals surface area contributed by atoms with Gasteiger partial charge in [-0.1, -0.05) is 12.1 Å². The van der Waals surface area contributed by atoms with Crippen molar-refractivity contribution < 1.29 is 37.7 Å². The third kappa shape index (κ3) is 8.49. The second-order valence-electron chi connectivity index (χ2n) is 12.3. The number of nitrogens with zero attached hydrogens (tertiary/aromatic N) is 3. The summed E-state index contributed by atoms with van der Waals surface area (Å²) < 4.78 is 27.7. The summed E-state index contributed by atoms with van der Waals surface area (Å²) >= 11 is -1.28. The Balaban J connectivity index is 1.14. The van der Waals surface area contributed by atoms with Crippen molar-refractivity contribution in [2.24, 2.45) is 0 Å². The highest BCUT2D eigenvalue weighted by molar-refractivity contribution is 7.80.